The highest BCUT2D eigenvalue weighted by molar-refractivity contribution is 7.09. The molecule has 0 aliphatic carbocycles. The summed E-state index contributed by atoms with van der Waals surface area (Å²) in [6, 6.07) is 96.1. The molecule has 0 aliphatic heterocycles. The highest BCUT2D eigenvalue weighted by atomic mass is 32.1. The van der Waals surface area contributed by atoms with Crippen LogP contribution in [0.25, 0.3) is 67.7 Å². The van der Waals surface area contributed by atoms with Crippen LogP contribution in [0.5, 0.6) is 29.3 Å². The number of benzene rings is 9. The van der Waals surface area contributed by atoms with E-state index in [-0.39, 0.29) is 29.3 Å². The third-order valence-electron chi connectivity index (χ3n) is 21.3. The molecule has 123 heavy (non-hydrogen) atoms. The van der Waals surface area contributed by atoms with Crippen molar-refractivity contribution in [3.05, 3.63) is 446 Å². The third-order valence-corrected chi connectivity index (χ3v) is 22.1. The van der Waals surface area contributed by atoms with Crippen molar-refractivity contribution >= 4 is 33.9 Å². The molecule has 20 heteroatoms. The second-order valence-electron chi connectivity index (χ2n) is 30.4. The summed E-state index contributed by atoms with van der Waals surface area (Å²) in [5.41, 5.74) is 26.6. The van der Waals surface area contributed by atoms with Crippen LogP contribution in [-0.4, -0.2) is 93.0 Å². The largest absolute Gasteiger partial charge is 0.508 e. The fourth-order valence-electron chi connectivity index (χ4n) is 14.8. The van der Waals surface area contributed by atoms with E-state index in [4.69, 9.17) is 39.9 Å². The van der Waals surface area contributed by atoms with Gasteiger partial charge in [0.25, 0.3) is 0 Å². The highest BCUT2D eigenvalue weighted by Gasteiger charge is 2.24. The summed E-state index contributed by atoms with van der Waals surface area (Å²) in [5.74, 6) is 0.805. The van der Waals surface area contributed by atoms with E-state index in [1.165, 1.54) is 16.7 Å². The van der Waals surface area contributed by atoms with Gasteiger partial charge in [0, 0.05) is 116 Å². The maximum atomic E-state index is 11.0. The van der Waals surface area contributed by atoms with Gasteiger partial charge in [-0.15, -0.1) is 11.3 Å². The molecule has 0 unspecified atom stereocenters. The molecular formula is C103H86N14O5S. The molecule has 5 N–H and O–H groups in total. The van der Waals surface area contributed by atoms with Crippen molar-refractivity contribution in [1.82, 2.24) is 67.4 Å². The summed E-state index contributed by atoms with van der Waals surface area (Å²) in [6.07, 6.45) is 17.3. The van der Waals surface area contributed by atoms with E-state index >= 15 is 0 Å². The van der Waals surface area contributed by atoms with Crippen LogP contribution in [0.3, 0.4) is 0 Å². The third kappa shape index (κ3) is 19.0. The van der Waals surface area contributed by atoms with Crippen molar-refractivity contribution in [2.45, 2.75) is 72.1 Å². The lowest BCUT2D eigenvalue weighted by atomic mass is 10.1. The second-order valence-corrected chi connectivity index (χ2v) is 31.4. The van der Waals surface area contributed by atoms with Crippen molar-refractivity contribution in [3.63, 3.8) is 0 Å². The lowest BCUT2D eigenvalue weighted by Crippen LogP contribution is -2.01. The maximum absolute atomic E-state index is 11.0. The first-order chi connectivity index (χ1) is 60.2. The van der Waals surface area contributed by atoms with Gasteiger partial charge in [0.1, 0.15) is 34.2 Å². The molecule has 0 radical (unpaired) electrons. The van der Waals surface area contributed by atoms with E-state index < -0.39 is 0 Å². The van der Waals surface area contributed by atoms with E-state index in [1.807, 2.05) is 182 Å². The molecule has 0 saturated heterocycles. The number of nitrogens with zero attached hydrogens (tertiary/aromatic N) is 14. The number of imidazole rings is 4. The minimum Gasteiger partial charge on any atom is -0.508 e. The molecule has 9 aromatic carbocycles. The number of hydrogen-bond donors (Lipinski definition) is 5. The first-order valence-corrected chi connectivity index (χ1v) is 41.5. The molecule has 0 spiro atoms. The van der Waals surface area contributed by atoms with Gasteiger partial charge < -0.3 is 25.5 Å². The van der Waals surface area contributed by atoms with Gasteiger partial charge in [0.05, 0.1) is 45.6 Å². The Hall–Kier alpha value is -15.5. The van der Waals surface area contributed by atoms with E-state index in [2.05, 4.69) is 152 Å². The fraction of sp³-hybridized carbons (Fsp3) is 0.107. The van der Waals surface area contributed by atoms with E-state index in [9.17, 15) is 25.5 Å². The number of aromatic hydroxyl groups is 5. The summed E-state index contributed by atoms with van der Waals surface area (Å²) in [4.78, 5) is 48.5. The van der Waals surface area contributed by atoms with Gasteiger partial charge in [-0.1, -0.05) is 253 Å². The molecule has 0 atom stereocenters. The number of hydrogen-bond acceptors (Lipinski definition) is 16. The topological polar surface area (TPSA) is 248 Å². The van der Waals surface area contributed by atoms with Gasteiger partial charge in [-0.2, -0.15) is 0 Å². The summed E-state index contributed by atoms with van der Waals surface area (Å²) >= 11 is 1.64. The number of rotatable bonds is 20. The van der Waals surface area contributed by atoms with Gasteiger partial charge in [-0.25, -0.2) is 39.9 Å². The van der Waals surface area contributed by atoms with Gasteiger partial charge in [0.15, 0.2) is 22.6 Å². The summed E-state index contributed by atoms with van der Waals surface area (Å²) < 4.78 is 6.98. The number of phenolic OH excluding ortho intramolecular Hbond substituents is 1. The Kier molecular flexibility index (Phi) is 23.9. The minimum atomic E-state index is 0.134. The molecule has 20 aromatic rings. The van der Waals surface area contributed by atoms with E-state index in [0.717, 1.165) is 100 Å². The van der Waals surface area contributed by atoms with Crippen LogP contribution < -0.4 is 0 Å². The molecule has 11 heterocycles. The quantitative estimate of drug-likeness (QED) is 0.0476. The lowest BCUT2D eigenvalue weighted by Gasteiger charge is -2.08. The number of thiophene rings is 1. The molecular weight excluding hydrogens is 1550 g/mol. The fourth-order valence-corrected chi connectivity index (χ4v) is 15.5. The molecule has 0 bridgehead atoms. The Morgan fingerprint density at radius 3 is 0.886 bits per heavy atom. The standard InChI is InChI=1S/C27H23N3O.2C26H22N4O.C24H19N3O2S/c1-19-12-14-21(15-13-19)17-24-27(31)30-18-25(22-10-6-3-7-11-22)28-23(26(30)29-24)16-20-8-4-2-5-9-20;1-18-10-12-20(13-11-18)16-23-26(31)30-17-24(21-9-5-6-14-27-21)28-22(25(30)29-23)15-19-7-3-2-4-8-19;1-18-7-9-20(10-8-18)16-23-26(31)30-17-24(21-11-13-27-14-12-21)28-22(25(30)29-23)15-19-5-3-2-4-6-19;28-18-10-8-17(9-11-18)22-15-27-23(20(25-22)13-16-5-2-1-3-6-16)26-21(24(27)29)14-19-7-4-12-30-19/h2-15,18,31H,16-17H2,1H3;2*2-14,17,31H,15-16H2,1H3;1-12,15,28-29H,13-14H2. The molecule has 604 valence electrons. The molecule has 19 nitrogen and oxygen atoms in total. The predicted molar refractivity (Wildman–Crippen MR) is 484 cm³/mol. The van der Waals surface area contributed by atoms with Crippen LogP contribution in [0.4, 0.5) is 0 Å². The van der Waals surface area contributed by atoms with Gasteiger partial charge in [0.2, 0.25) is 23.5 Å². The van der Waals surface area contributed by atoms with Crippen LogP contribution in [0.1, 0.15) is 106 Å². The first kappa shape index (κ1) is 79.9. The van der Waals surface area contributed by atoms with Crippen molar-refractivity contribution in [2.24, 2.45) is 0 Å². The van der Waals surface area contributed by atoms with Crippen LogP contribution in [0.2, 0.25) is 0 Å². The van der Waals surface area contributed by atoms with Crippen molar-refractivity contribution in [3.8, 4) is 74.4 Å². The predicted octanol–water partition coefficient (Wildman–Crippen LogP) is 20.6. The smallest absolute Gasteiger partial charge is 0.219 e. The number of pyridine rings is 2. The Morgan fingerprint density at radius 1 is 0.244 bits per heavy atom. The van der Waals surface area contributed by atoms with E-state index in [0.29, 0.717) is 108 Å². The number of aromatic nitrogens is 14. The maximum Gasteiger partial charge on any atom is 0.219 e. The normalized spacial score (nSPS) is 11.1. The van der Waals surface area contributed by atoms with Crippen molar-refractivity contribution < 1.29 is 25.5 Å². The average molecular weight is 1630 g/mol. The van der Waals surface area contributed by atoms with Gasteiger partial charge >= 0.3 is 0 Å². The Bertz CT molecular complexity index is 6460. The Morgan fingerprint density at radius 2 is 0.545 bits per heavy atom. The first-order valence-electron chi connectivity index (χ1n) is 40.6. The Balaban J connectivity index is 0.000000116. The summed E-state index contributed by atoms with van der Waals surface area (Å²) in [6.45, 7) is 6.19. The average Bonchev–Trinajstić information content (AvgIpc) is 1.65. The van der Waals surface area contributed by atoms with Crippen LogP contribution in [0, 0.1) is 20.8 Å². The molecule has 11 aromatic heterocycles. The number of fused-ring (bicyclic) bond motifs is 4. The monoisotopic (exact) mass is 1630 g/mol. The highest BCUT2D eigenvalue weighted by Crippen LogP contribution is 2.35. The van der Waals surface area contributed by atoms with Gasteiger partial charge in [-0.3, -0.25) is 27.6 Å². The minimum absolute atomic E-state index is 0.134. The molecule has 20 rings (SSSR count). The van der Waals surface area contributed by atoms with Crippen molar-refractivity contribution in [2.75, 3.05) is 0 Å². The SMILES string of the molecule is Cc1ccc(Cc2nc3c(Cc4ccccc4)nc(-c4ccccc4)cn3c2O)cc1.Cc1ccc(Cc2nc3c(Cc4ccccc4)nc(-c4ccccn4)cn3c2O)cc1.Cc1ccc(Cc2nc3c(Cc4ccccc4)nc(-c4ccncc4)cn3c2O)cc1.Oc1ccc(-c2cn3c(O)c(Cc4cccs4)nc3c(Cc3ccccc3)n2)cc1. The zero-order chi connectivity index (χ0) is 84.1. The Labute approximate surface area is 715 Å². The van der Waals surface area contributed by atoms with Gasteiger partial charge in [-0.05, 0) is 120 Å². The summed E-state index contributed by atoms with van der Waals surface area (Å²) in [7, 11) is 0. The van der Waals surface area contributed by atoms with Crippen LogP contribution in [0.15, 0.2) is 340 Å². The molecule has 0 saturated carbocycles. The zero-order valence-electron chi connectivity index (χ0n) is 67.9. The number of aryl methyl sites for hydroxylation is 3. The summed E-state index contributed by atoms with van der Waals surface area (Å²) in [5, 5.41) is 55.7. The molecule has 0 amide bonds. The second kappa shape index (κ2) is 36.8. The lowest BCUT2D eigenvalue weighted by molar-refractivity contribution is 0.441. The van der Waals surface area contributed by atoms with Crippen LogP contribution in [-0.2, 0) is 51.4 Å². The molecule has 0 aliphatic rings. The van der Waals surface area contributed by atoms with Crippen LogP contribution >= 0.6 is 11.3 Å². The number of phenols is 1. The van der Waals surface area contributed by atoms with Crippen molar-refractivity contribution in [1.29, 1.82) is 0 Å². The zero-order valence-corrected chi connectivity index (χ0v) is 68.7. The molecule has 0 fully saturated rings. The van der Waals surface area contributed by atoms with E-state index in [1.54, 1.807) is 65.9 Å².